The van der Waals surface area contributed by atoms with Gasteiger partial charge in [0.15, 0.2) is 16.4 Å². The molecule has 0 saturated carbocycles. The molecule has 1 N–H and O–H groups in total. The van der Waals surface area contributed by atoms with Gasteiger partial charge in [-0.3, -0.25) is 5.43 Å². The van der Waals surface area contributed by atoms with Crippen molar-refractivity contribution in [1.82, 2.24) is 0 Å². The van der Waals surface area contributed by atoms with Gasteiger partial charge >= 0.3 is 5.97 Å². The molecule has 2 rings (SSSR count). The van der Waals surface area contributed by atoms with Crippen LogP contribution in [-0.4, -0.2) is 18.8 Å². The average Bonchev–Trinajstić information content (AvgIpc) is 3.05. The fraction of sp³-hybridized carbons (Fsp3) is 0.0667. The lowest BCUT2D eigenvalue weighted by Gasteiger charge is -2.10. The molecule has 0 aliphatic carbocycles. The van der Waals surface area contributed by atoms with E-state index in [1.807, 2.05) is 0 Å². The van der Waals surface area contributed by atoms with Crippen molar-refractivity contribution in [3.8, 4) is 23.6 Å². The Hall–Kier alpha value is -3.43. The first-order valence-electron chi connectivity index (χ1n) is 6.36. The molecule has 0 aliphatic rings. The Bertz CT molecular complexity index is 864. The van der Waals surface area contributed by atoms with Crippen LogP contribution >= 0.6 is 11.3 Å². The van der Waals surface area contributed by atoms with Crippen LogP contribution in [0.25, 0.3) is 0 Å². The third-order valence-corrected chi connectivity index (χ3v) is 3.54. The van der Waals surface area contributed by atoms with Crippen LogP contribution in [0.4, 0.5) is 10.1 Å². The SMILES string of the molecule is COC(=O)c1sccc1Oc1ccc(F)cc1NN=C(C#N)C#N. The summed E-state index contributed by atoms with van der Waals surface area (Å²) in [6.07, 6.45) is 0. The van der Waals surface area contributed by atoms with Gasteiger partial charge in [0.2, 0.25) is 5.71 Å². The second-order valence-corrected chi connectivity index (χ2v) is 5.06. The summed E-state index contributed by atoms with van der Waals surface area (Å²) < 4.78 is 23.7. The Morgan fingerprint density at radius 1 is 1.29 bits per heavy atom. The minimum atomic E-state index is -0.575. The summed E-state index contributed by atoms with van der Waals surface area (Å²) in [6.45, 7) is 0. The maximum absolute atomic E-state index is 13.4. The highest BCUT2D eigenvalue weighted by Crippen LogP contribution is 2.34. The summed E-state index contributed by atoms with van der Waals surface area (Å²) in [6, 6.07) is 8.25. The Morgan fingerprint density at radius 3 is 2.71 bits per heavy atom. The van der Waals surface area contributed by atoms with Crippen molar-refractivity contribution in [2.75, 3.05) is 12.5 Å². The number of nitrogens with zero attached hydrogens (tertiary/aromatic N) is 3. The maximum atomic E-state index is 13.4. The summed E-state index contributed by atoms with van der Waals surface area (Å²) in [5.74, 6) is -0.759. The average molecular weight is 344 g/mol. The molecular weight excluding hydrogens is 335 g/mol. The number of nitrogens with one attached hydrogen (secondary N) is 1. The standard InChI is InChI=1S/C15H9FN4O3S/c1-22-15(21)14-13(4-5-24-14)23-12-3-2-9(16)6-11(12)20-19-10(7-17)8-18/h2-6,20H,1H3. The van der Waals surface area contributed by atoms with Crippen molar-refractivity contribution in [2.45, 2.75) is 0 Å². The lowest BCUT2D eigenvalue weighted by molar-refractivity contribution is 0.0604. The molecule has 2 aromatic rings. The first-order valence-corrected chi connectivity index (χ1v) is 7.24. The highest BCUT2D eigenvalue weighted by atomic mass is 32.1. The predicted molar refractivity (Wildman–Crippen MR) is 84.4 cm³/mol. The normalized spacial score (nSPS) is 9.33. The number of thiophene rings is 1. The van der Waals surface area contributed by atoms with Crippen molar-refractivity contribution < 1.29 is 18.7 Å². The van der Waals surface area contributed by atoms with Crippen molar-refractivity contribution in [3.63, 3.8) is 0 Å². The molecule has 0 aliphatic heterocycles. The Labute approximate surface area is 140 Å². The minimum absolute atomic E-state index is 0.0833. The number of methoxy groups -OCH3 is 1. The molecular formula is C15H9FN4O3S. The summed E-state index contributed by atoms with van der Waals surface area (Å²) in [4.78, 5) is 11.9. The molecule has 0 radical (unpaired) electrons. The van der Waals surface area contributed by atoms with Gasteiger partial charge in [0, 0.05) is 6.07 Å². The van der Waals surface area contributed by atoms with Gasteiger partial charge in [0.05, 0.1) is 7.11 Å². The highest BCUT2D eigenvalue weighted by molar-refractivity contribution is 7.12. The number of benzene rings is 1. The summed E-state index contributed by atoms with van der Waals surface area (Å²) in [5.41, 5.74) is 2.05. The van der Waals surface area contributed by atoms with Crippen LogP contribution in [0.15, 0.2) is 34.7 Å². The van der Waals surface area contributed by atoms with Gasteiger partial charge in [-0.15, -0.1) is 11.3 Å². The second-order valence-electron chi connectivity index (χ2n) is 4.14. The lowest BCUT2D eigenvalue weighted by atomic mass is 10.3. The van der Waals surface area contributed by atoms with Crippen molar-refractivity contribution in [3.05, 3.63) is 40.3 Å². The molecule has 0 amide bonds. The summed E-state index contributed by atoms with van der Waals surface area (Å²) in [7, 11) is 1.25. The van der Waals surface area contributed by atoms with Gasteiger partial charge in [0.25, 0.3) is 0 Å². The molecule has 9 heteroatoms. The van der Waals surface area contributed by atoms with Gasteiger partial charge in [-0.1, -0.05) is 0 Å². The van der Waals surface area contributed by atoms with Gasteiger partial charge in [-0.25, -0.2) is 9.18 Å². The van der Waals surface area contributed by atoms with Gasteiger partial charge in [-0.05, 0) is 23.6 Å². The van der Waals surface area contributed by atoms with E-state index in [-0.39, 0.29) is 22.1 Å². The van der Waals surface area contributed by atoms with E-state index in [9.17, 15) is 9.18 Å². The first-order chi connectivity index (χ1) is 11.6. The Balaban J connectivity index is 2.34. The molecule has 1 aromatic heterocycles. The van der Waals surface area contributed by atoms with Crippen molar-refractivity contribution >= 4 is 28.7 Å². The maximum Gasteiger partial charge on any atom is 0.351 e. The third kappa shape index (κ3) is 3.85. The first kappa shape index (κ1) is 16.9. The van der Waals surface area contributed by atoms with Gasteiger partial charge in [-0.2, -0.15) is 15.6 Å². The van der Waals surface area contributed by atoms with E-state index >= 15 is 0 Å². The van der Waals surface area contributed by atoms with Crippen LogP contribution in [-0.2, 0) is 4.74 Å². The van der Waals surface area contributed by atoms with E-state index in [4.69, 9.17) is 15.3 Å². The highest BCUT2D eigenvalue weighted by Gasteiger charge is 2.17. The number of carbonyl (C=O) groups excluding carboxylic acids is 1. The molecule has 7 nitrogen and oxygen atoms in total. The molecule has 24 heavy (non-hydrogen) atoms. The smallest absolute Gasteiger partial charge is 0.351 e. The zero-order valence-corrected chi connectivity index (χ0v) is 13.1. The molecule has 0 fully saturated rings. The Morgan fingerprint density at radius 2 is 2.04 bits per heavy atom. The number of anilines is 1. The zero-order valence-electron chi connectivity index (χ0n) is 12.2. The zero-order chi connectivity index (χ0) is 17.5. The molecule has 1 heterocycles. The van der Waals surface area contributed by atoms with Crippen LogP contribution < -0.4 is 10.2 Å². The number of hydrogen-bond donors (Lipinski definition) is 1. The van der Waals surface area contributed by atoms with E-state index in [0.29, 0.717) is 0 Å². The fourth-order valence-corrected chi connectivity index (χ4v) is 2.34. The molecule has 0 atom stereocenters. The molecule has 1 aromatic carbocycles. The van der Waals surface area contributed by atoms with E-state index < -0.39 is 17.5 Å². The number of nitriles is 2. The van der Waals surface area contributed by atoms with Crippen LogP contribution in [0, 0.1) is 28.5 Å². The van der Waals surface area contributed by atoms with Crippen molar-refractivity contribution in [1.29, 1.82) is 10.5 Å². The molecule has 120 valence electrons. The molecule has 0 saturated heterocycles. The van der Waals surface area contributed by atoms with Crippen molar-refractivity contribution in [2.24, 2.45) is 5.10 Å². The van der Waals surface area contributed by atoms with E-state index in [2.05, 4.69) is 15.3 Å². The third-order valence-electron chi connectivity index (χ3n) is 2.66. The predicted octanol–water partition coefficient (Wildman–Crippen LogP) is 3.28. The van der Waals surface area contributed by atoms with Crippen LogP contribution in [0.2, 0.25) is 0 Å². The molecule has 0 unspecified atom stereocenters. The largest absolute Gasteiger partial charge is 0.465 e. The second kappa shape index (κ2) is 7.72. The van der Waals surface area contributed by atoms with E-state index in [1.54, 1.807) is 23.6 Å². The van der Waals surface area contributed by atoms with E-state index in [0.717, 1.165) is 23.5 Å². The number of ether oxygens (including phenoxy) is 2. The topological polar surface area (TPSA) is 108 Å². The van der Waals surface area contributed by atoms with Crippen LogP contribution in [0.1, 0.15) is 9.67 Å². The number of rotatable bonds is 5. The Kier molecular flexibility index (Phi) is 5.45. The van der Waals surface area contributed by atoms with E-state index in [1.165, 1.54) is 13.2 Å². The van der Waals surface area contributed by atoms with Crippen LogP contribution in [0.3, 0.4) is 0 Å². The molecule has 0 spiro atoms. The number of carbonyl (C=O) groups is 1. The summed E-state index contributed by atoms with van der Waals surface area (Å²) in [5, 5.41) is 22.5. The fourth-order valence-electron chi connectivity index (χ4n) is 1.61. The number of hydrazone groups is 1. The lowest BCUT2D eigenvalue weighted by Crippen LogP contribution is -2.02. The van der Waals surface area contributed by atoms with Crippen LogP contribution in [0.5, 0.6) is 11.5 Å². The van der Waals surface area contributed by atoms with Gasteiger partial charge < -0.3 is 9.47 Å². The number of halogens is 1. The monoisotopic (exact) mass is 344 g/mol. The quantitative estimate of drug-likeness (QED) is 0.506. The number of esters is 1. The minimum Gasteiger partial charge on any atom is -0.465 e. The molecule has 0 bridgehead atoms. The summed E-state index contributed by atoms with van der Waals surface area (Å²) >= 11 is 1.13. The van der Waals surface area contributed by atoms with Gasteiger partial charge in [0.1, 0.15) is 23.6 Å². The number of hydrogen-bond acceptors (Lipinski definition) is 8.